The third kappa shape index (κ3) is 3.86. The van der Waals surface area contributed by atoms with Crippen molar-refractivity contribution in [3.8, 4) is 22.8 Å². The number of halogens is 1. The molecule has 2 N–H and O–H groups in total. The van der Waals surface area contributed by atoms with Crippen molar-refractivity contribution in [1.82, 2.24) is 19.7 Å². The molecule has 0 unspecified atom stereocenters. The van der Waals surface area contributed by atoms with Gasteiger partial charge in [-0.2, -0.15) is 5.10 Å². The molecule has 0 aliphatic carbocycles. The molecule has 8 heteroatoms. The number of aryl methyl sites for hydroxylation is 1. The average Bonchev–Trinajstić information content (AvgIpc) is 3.40. The van der Waals surface area contributed by atoms with E-state index >= 15 is 0 Å². The quantitative estimate of drug-likeness (QED) is 0.510. The van der Waals surface area contributed by atoms with Crippen molar-refractivity contribution in [2.24, 2.45) is 0 Å². The monoisotopic (exact) mass is 407 g/mol. The van der Waals surface area contributed by atoms with Gasteiger partial charge in [0.2, 0.25) is 0 Å². The minimum Gasteiger partial charge on any atom is -0.496 e. The van der Waals surface area contributed by atoms with Gasteiger partial charge in [-0.1, -0.05) is 23.7 Å². The topological polar surface area (TPSA) is 84.8 Å². The molecule has 0 radical (unpaired) electrons. The highest BCUT2D eigenvalue weighted by Gasteiger charge is 2.17. The number of nitrogens with one attached hydrogen (secondary N) is 2. The first-order valence-corrected chi connectivity index (χ1v) is 9.24. The number of hydrogen-bond donors (Lipinski definition) is 2. The number of anilines is 1. The molecule has 0 saturated heterocycles. The second-order valence-electron chi connectivity index (χ2n) is 6.37. The summed E-state index contributed by atoms with van der Waals surface area (Å²) in [5, 5.41) is 10.3. The number of carbonyl (C=O) groups excluding carboxylic acids is 1. The minimum atomic E-state index is -0.328. The van der Waals surface area contributed by atoms with Crippen molar-refractivity contribution in [2.45, 2.75) is 6.92 Å². The van der Waals surface area contributed by atoms with Crippen LogP contribution in [0.4, 0.5) is 5.69 Å². The number of rotatable bonds is 5. The lowest BCUT2D eigenvalue weighted by Gasteiger charge is -2.14. The molecule has 2 aromatic heterocycles. The van der Waals surface area contributed by atoms with Gasteiger partial charge in [0, 0.05) is 29.7 Å². The van der Waals surface area contributed by atoms with Gasteiger partial charge in [0.15, 0.2) is 5.82 Å². The van der Waals surface area contributed by atoms with E-state index in [-0.39, 0.29) is 5.91 Å². The zero-order valence-electron chi connectivity index (χ0n) is 15.8. The number of benzene rings is 2. The minimum absolute atomic E-state index is 0.328. The lowest BCUT2D eigenvalue weighted by atomic mass is 10.1. The maximum absolute atomic E-state index is 12.9. The van der Waals surface area contributed by atoms with Crippen LogP contribution in [-0.2, 0) is 0 Å². The van der Waals surface area contributed by atoms with E-state index in [2.05, 4.69) is 20.5 Å². The van der Waals surface area contributed by atoms with Gasteiger partial charge in [0.25, 0.3) is 5.91 Å². The van der Waals surface area contributed by atoms with Gasteiger partial charge in [-0.05, 0) is 37.3 Å². The molecule has 0 aliphatic rings. The number of aromatic amines is 1. The normalized spacial score (nSPS) is 10.7. The van der Waals surface area contributed by atoms with E-state index < -0.39 is 0 Å². The number of hydrogen-bond acceptors (Lipinski definition) is 4. The molecule has 0 atom stereocenters. The van der Waals surface area contributed by atoms with Crippen LogP contribution in [0.1, 0.15) is 16.2 Å². The SMILES string of the molecule is COc1cc(-n2cccc2)c(Cl)cc1C(=O)Nc1cccc(-c2n[nH]c(C)n2)c1. The fourth-order valence-electron chi connectivity index (χ4n) is 2.99. The summed E-state index contributed by atoms with van der Waals surface area (Å²) in [6.45, 7) is 1.83. The summed E-state index contributed by atoms with van der Waals surface area (Å²) in [6, 6.07) is 14.4. The predicted molar refractivity (Wildman–Crippen MR) is 112 cm³/mol. The molecular formula is C21H18ClN5O2. The Labute approximate surface area is 172 Å². The third-order valence-corrected chi connectivity index (χ3v) is 4.67. The number of amides is 1. The maximum atomic E-state index is 12.9. The Morgan fingerprint density at radius 3 is 2.66 bits per heavy atom. The zero-order chi connectivity index (χ0) is 20.4. The molecule has 1 amide bonds. The average molecular weight is 408 g/mol. The van der Waals surface area contributed by atoms with E-state index in [1.54, 1.807) is 18.2 Å². The van der Waals surface area contributed by atoms with Crippen LogP contribution in [0, 0.1) is 6.92 Å². The number of methoxy groups -OCH3 is 1. The molecule has 146 valence electrons. The molecule has 4 aromatic rings. The van der Waals surface area contributed by atoms with Gasteiger partial charge < -0.3 is 14.6 Å². The summed E-state index contributed by atoms with van der Waals surface area (Å²) in [6.07, 6.45) is 3.74. The Kier molecular flexibility index (Phi) is 5.05. The van der Waals surface area contributed by atoms with Gasteiger partial charge in [0.05, 0.1) is 23.4 Å². The molecule has 0 aliphatic heterocycles. The van der Waals surface area contributed by atoms with Crippen LogP contribution in [0.2, 0.25) is 5.02 Å². The summed E-state index contributed by atoms with van der Waals surface area (Å²) in [5.41, 5.74) is 2.47. The molecule has 4 rings (SSSR count). The standard InChI is InChI=1S/C21H18ClN5O2/c1-13-23-20(26-25-13)14-6-5-7-15(10-14)24-21(28)16-11-17(22)18(12-19(16)29-2)27-8-3-4-9-27/h3-12H,1-2H3,(H,24,28)(H,23,25,26). The van der Waals surface area contributed by atoms with Crippen molar-refractivity contribution in [1.29, 1.82) is 0 Å². The number of nitrogens with zero attached hydrogens (tertiary/aromatic N) is 3. The molecule has 2 aromatic carbocycles. The molecular weight excluding hydrogens is 390 g/mol. The summed E-state index contributed by atoms with van der Waals surface area (Å²) in [7, 11) is 1.52. The first-order chi connectivity index (χ1) is 14.0. The predicted octanol–water partition coefficient (Wildman–Crippen LogP) is 4.49. The van der Waals surface area contributed by atoms with E-state index in [0.717, 1.165) is 17.1 Å². The highest BCUT2D eigenvalue weighted by Crippen LogP contribution is 2.31. The molecule has 29 heavy (non-hydrogen) atoms. The Morgan fingerprint density at radius 1 is 1.17 bits per heavy atom. The summed E-state index contributed by atoms with van der Waals surface area (Å²) >= 11 is 6.43. The molecule has 0 saturated carbocycles. The summed E-state index contributed by atoms with van der Waals surface area (Å²) in [4.78, 5) is 17.2. The number of ether oxygens (including phenoxy) is 1. The van der Waals surface area contributed by atoms with Crippen LogP contribution in [0.15, 0.2) is 60.9 Å². The smallest absolute Gasteiger partial charge is 0.259 e. The van der Waals surface area contributed by atoms with Crippen molar-refractivity contribution >= 4 is 23.2 Å². The molecule has 0 bridgehead atoms. The molecule has 0 spiro atoms. The highest BCUT2D eigenvalue weighted by atomic mass is 35.5. The van der Waals surface area contributed by atoms with Gasteiger partial charge in [-0.15, -0.1) is 0 Å². The summed E-state index contributed by atoms with van der Waals surface area (Å²) in [5.74, 6) is 1.38. The van der Waals surface area contributed by atoms with Crippen molar-refractivity contribution in [2.75, 3.05) is 12.4 Å². The molecule has 0 fully saturated rings. The van der Waals surface area contributed by atoms with Crippen LogP contribution in [0.5, 0.6) is 5.75 Å². The van der Waals surface area contributed by atoms with E-state index in [0.29, 0.717) is 27.8 Å². The number of carbonyl (C=O) groups is 1. The number of aromatic nitrogens is 4. The lowest BCUT2D eigenvalue weighted by Crippen LogP contribution is -2.14. The largest absolute Gasteiger partial charge is 0.496 e. The van der Waals surface area contributed by atoms with E-state index in [9.17, 15) is 4.79 Å². The Bertz CT molecular complexity index is 1170. The van der Waals surface area contributed by atoms with E-state index in [4.69, 9.17) is 16.3 Å². The van der Waals surface area contributed by atoms with Crippen molar-refractivity contribution in [3.63, 3.8) is 0 Å². The van der Waals surface area contributed by atoms with Crippen LogP contribution in [0.25, 0.3) is 17.1 Å². The first kappa shape index (κ1) is 18.8. The maximum Gasteiger partial charge on any atom is 0.259 e. The van der Waals surface area contributed by atoms with Crippen LogP contribution < -0.4 is 10.1 Å². The molecule has 7 nitrogen and oxygen atoms in total. The van der Waals surface area contributed by atoms with E-state index in [1.165, 1.54) is 7.11 Å². The molecule has 2 heterocycles. The second kappa shape index (κ2) is 7.81. The Hall–Kier alpha value is -3.58. The van der Waals surface area contributed by atoms with Crippen molar-refractivity contribution in [3.05, 3.63) is 77.3 Å². The Balaban J connectivity index is 1.63. The van der Waals surface area contributed by atoms with Gasteiger partial charge >= 0.3 is 0 Å². The first-order valence-electron chi connectivity index (χ1n) is 8.87. The van der Waals surface area contributed by atoms with Crippen LogP contribution >= 0.6 is 11.6 Å². The lowest BCUT2D eigenvalue weighted by molar-refractivity contribution is 0.102. The van der Waals surface area contributed by atoms with Gasteiger partial charge in [-0.25, -0.2) is 4.98 Å². The van der Waals surface area contributed by atoms with E-state index in [1.807, 2.05) is 54.2 Å². The second-order valence-corrected chi connectivity index (χ2v) is 6.78. The van der Waals surface area contributed by atoms with Crippen LogP contribution in [0.3, 0.4) is 0 Å². The Morgan fingerprint density at radius 2 is 1.97 bits per heavy atom. The zero-order valence-corrected chi connectivity index (χ0v) is 16.6. The number of H-pyrrole nitrogens is 1. The van der Waals surface area contributed by atoms with Gasteiger partial charge in [-0.3, -0.25) is 9.89 Å². The third-order valence-electron chi connectivity index (χ3n) is 4.37. The van der Waals surface area contributed by atoms with Crippen molar-refractivity contribution < 1.29 is 9.53 Å². The summed E-state index contributed by atoms with van der Waals surface area (Å²) < 4.78 is 7.29. The van der Waals surface area contributed by atoms with Gasteiger partial charge in [0.1, 0.15) is 11.6 Å². The fraction of sp³-hybridized carbons (Fsp3) is 0.0952. The highest BCUT2D eigenvalue weighted by molar-refractivity contribution is 6.33. The van der Waals surface area contributed by atoms with Crippen LogP contribution in [-0.4, -0.2) is 32.8 Å². The fourth-order valence-corrected chi connectivity index (χ4v) is 3.25.